The summed E-state index contributed by atoms with van der Waals surface area (Å²) < 4.78 is 0. The van der Waals surface area contributed by atoms with E-state index >= 15 is 0 Å². The molecule has 16 heavy (non-hydrogen) atoms. The van der Waals surface area contributed by atoms with Crippen LogP contribution in [0.1, 0.15) is 33.1 Å². The van der Waals surface area contributed by atoms with Crippen molar-refractivity contribution in [1.82, 2.24) is 5.32 Å². The molecule has 1 amide bonds. The lowest BCUT2D eigenvalue weighted by Gasteiger charge is -2.28. The number of rotatable bonds is 5. The number of carbonyl (C=O) groups excluding carboxylic acids is 1. The van der Waals surface area contributed by atoms with Crippen LogP contribution in [0.5, 0.6) is 0 Å². The standard InChI is InChI=1S/C11H21N3OS/c1-8-7-16-11(14-9(8)2)13-6-4-3-5-10(12)15/h8-9H,3-7H2,1-2H3,(H2,12,15)(H,13,14). The predicted octanol–water partition coefficient (Wildman–Crippen LogP) is 1.36. The molecule has 3 N–H and O–H groups in total. The van der Waals surface area contributed by atoms with Crippen LogP contribution in [0.15, 0.2) is 4.99 Å². The number of primary amides is 1. The van der Waals surface area contributed by atoms with Crippen molar-refractivity contribution >= 4 is 22.8 Å². The van der Waals surface area contributed by atoms with E-state index in [-0.39, 0.29) is 5.91 Å². The van der Waals surface area contributed by atoms with E-state index in [2.05, 4.69) is 24.2 Å². The Kier molecular flexibility index (Phi) is 5.66. The SMILES string of the molecule is CC1CSC(=NCCCCC(N)=O)NC1C. The monoisotopic (exact) mass is 243 g/mol. The van der Waals surface area contributed by atoms with Gasteiger partial charge in [0.25, 0.3) is 0 Å². The highest BCUT2D eigenvalue weighted by Gasteiger charge is 2.20. The zero-order valence-corrected chi connectivity index (χ0v) is 10.8. The number of unbranched alkanes of at least 4 members (excludes halogenated alkanes) is 1. The highest BCUT2D eigenvalue weighted by atomic mass is 32.2. The minimum Gasteiger partial charge on any atom is -0.370 e. The molecule has 0 spiro atoms. The molecule has 1 aliphatic rings. The summed E-state index contributed by atoms with van der Waals surface area (Å²) in [5.74, 6) is 1.60. The van der Waals surface area contributed by atoms with Crippen LogP contribution in [0.3, 0.4) is 0 Å². The molecule has 0 aromatic heterocycles. The van der Waals surface area contributed by atoms with Crippen molar-refractivity contribution in [1.29, 1.82) is 0 Å². The number of nitrogens with zero attached hydrogens (tertiary/aromatic N) is 1. The molecule has 5 heteroatoms. The molecule has 0 saturated carbocycles. The van der Waals surface area contributed by atoms with Gasteiger partial charge in [-0.05, 0) is 25.7 Å². The fourth-order valence-corrected chi connectivity index (χ4v) is 2.58. The quantitative estimate of drug-likeness (QED) is 0.716. The van der Waals surface area contributed by atoms with E-state index in [1.165, 1.54) is 0 Å². The van der Waals surface area contributed by atoms with Gasteiger partial charge in [0.15, 0.2) is 5.17 Å². The second-order valence-electron chi connectivity index (χ2n) is 4.33. The average molecular weight is 243 g/mol. The smallest absolute Gasteiger partial charge is 0.217 e. The molecule has 92 valence electrons. The zero-order valence-electron chi connectivity index (χ0n) is 10.0. The van der Waals surface area contributed by atoms with E-state index in [4.69, 9.17) is 5.73 Å². The van der Waals surface area contributed by atoms with Crippen LogP contribution in [0.4, 0.5) is 0 Å². The first kappa shape index (κ1) is 13.4. The van der Waals surface area contributed by atoms with Crippen molar-refractivity contribution in [3.05, 3.63) is 0 Å². The maximum absolute atomic E-state index is 10.5. The van der Waals surface area contributed by atoms with E-state index in [1.54, 1.807) is 11.8 Å². The number of amidine groups is 1. The summed E-state index contributed by atoms with van der Waals surface area (Å²) in [7, 11) is 0. The van der Waals surface area contributed by atoms with Gasteiger partial charge in [-0.15, -0.1) is 0 Å². The first-order chi connectivity index (χ1) is 7.59. The first-order valence-corrected chi connectivity index (χ1v) is 6.80. The molecule has 0 radical (unpaired) electrons. The van der Waals surface area contributed by atoms with Gasteiger partial charge < -0.3 is 11.1 Å². The predicted molar refractivity (Wildman–Crippen MR) is 69.6 cm³/mol. The maximum atomic E-state index is 10.5. The minimum absolute atomic E-state index is 0.222. The van der Waals surface area contributed by atoms with Crippen LogP contribution in [0.25, 0.3) is 0 Å². The molecule has 1 heterocycles. The Balaban J connectivity index is 2.17. The van der Waals surface area contributed by atoms with Crippen molar-refractivity contribution in [3.63, 3.8) is 0 Å². The van der Waals surface area contributed by atoms with Crippen LogP contribution in [0.2, 0.25) is 0 Å². The fourth-order valence-electron chi connectivity index (χ4n) is 1.42. The van der Waals surface area contributed by atoms with E-state index in [1.807, 2.05) is 0 Å². The van der Waals surface area contributed by atoms with Gasteiger partial charge in [-0.3, -0.25) is 9.79 Å². The number of nitrogens with two attached hydrogens (primary N) is 1. The molecule has 2 atom stereocenters. The molecule has 0 bridgehead atoms. The topological polar surface area (TPSA) is 67.5 Å². The summed E-state index contributed by atoms with van der Waals surface area (Å²) in [6.45, 7) is 5.21. The highest BCUT2D eigenvalue weighted by Crippen LogP contribution is 2.19. The second-order valence-corrected chi connectivity index (χ2v) is 5.34. The molecular formula is C11H21N3OS. The van der Waals surface area contributed by atoms with Gasteiger partial charge in [0.1, 0.15) is 0 Å². The van der Waals surface area contributed by atoms with Gasteiger partial charge in [0.05, 0.1) is 0 Å². The molecule has 2 unspecified atom stereocenters. The average Bonchev–Trinajstić information content (AvgIpc) is 2.22. The third kappa shape index (κ3) is 4.88. The molecule has 1 rings (SSSR count). The summed E-state index contributed by atoms with van der Waals surface area (Å²) in [6, 6.07) is 0.505. The van der Waals surface area contributed by atoms with Crippen molar-refractivity contribution < 1.29 is 4.79 Å². The number of aliphatic imine (C=N–C) groups is 1. The Hall–Kier alpha value is -0.710. The largest absolute Gasteiger partial charge is 0.370 e. The van der Waals surface area contributed by atoms with Gasteiger partial charge >= 0.3 is 0 Å². The minimum atomic E-state index is -0.222. The molecule has 0 aromatic rings. The lowest BCUT2D eigenvalue weighted by Crippen LogP contribution is -2.41. The molecular weight excluding hydrogens is 222 g/mol. The lowest BCUT2D eigenvalue weighted by atomic mass is 10.1. The molecule has 1 saturated heterocycles. The van der Waals surface area contributed by atoms with Gasteiger partial charge in [-0.1, -0.05) is 18.7 Å². The molecule has 0 aromatic carbocycles. The Morgan fingerprint density at radius 2 is 2.31 bits per heavy atom. The molecule has 1 aliphatic heterocycles. The zero-order chi connectivity index (χ0) is 12.0. The highest BCUT2D eigenvalue weighted by molar-refractivity contribution is 8.13. The number of nitrogens with one attached hydrogen (secondary N) is 1. The van der Waals surface area contributed by atoms with Crippen molar-refractivity contribution in [3.8, 4) is 0 Å². The number of hydrogen-bond acceptors (Lipinski definition) is 3. The maximum Gasteiger partial charge on any atom is 0.217 e. The van der Waals surface area contributed by atoms with E-state index in [0.717, 1.165) is 30.3 Å². The molecule has 4 nitrogen and oxygen atoms in total. The third-order valence-electron chi connectivity index (χ3n) is 2.77. The Bertz CT molecular complexity index is 268. The van der Waals surface area contributed by atoms with Gasteiger partial charge in [0.2, 0.25) is 5.91 Å². The van der Waals surface area contributed by atoms with Crippen molar-refractivity contribution in [2.24, 2.45) is 16.6 Å². The van der Waals surface area contributed by atoms with Gasteiger partial charge in [-0.25, -0.2) is 0 Å². The van der Waals surface area contributed by atoms with Crippen LogP contribution in [-0.2, 0) is 4.79 Å². The first-order valence-electron chi connectivity index (χ1n) is 5.81. The Morgan fingerprint density at radius 3 is 2.94 bits per heavy atom. The van der Waals surface area contributed by atoms with E-state index in [0.29, 0.717) is 18.4 Å². The van der Waals surface area contributed by atoms with E-state index in [9.17, 15) is 4.79 Å². The number of amides is 1. The Labute approximate surface area is 101 Å². The van der Waals surface area contributed by atoms with Crippen LogP contribution in [0, 0.1) is 5.92 Å². The van der Waals surface area contributed by atoms with Crippen LogP contribution < -0.4 is 11.1 Å². The Morgan fingerprint density at radius 1 is 1.56 bits per heavy atom. The summed E-state index contributed by atoms with van der Waals surface area (Å²) >= 11 is 1.79. The molecule has 0 aliphatic carbocycles. The normalized spacial score (nSPS) is 27.8. The fraction of sp³-hybridized carbons (Fsp3) is 0.818. The summed E-state index contributed by atoms with van der Waals surface area (Å²) in [5.41, 5.74) is 5.06. The number of thioether (sulfide) groups is 1. The van der Waals surface area contributed by atoms with Gasteiger partial charge in [0, 0.05) is 24.8 Å². The number of hydrogen-bond donors (Lipinski definition) is 2. The van der Waals surface area contributed by atoms with Crippen LogP contribution in [-0.4, -0.2) is 29.4 Å². The van der Waals surface area contributed by atoms with E-state index < -0.39 is 0 Å². The van der Waals surface area contributed by atoms with Crippen LogP contribution >= 0.6 is 11.8 Å². The molecule has 1 fully saturated rings. The summed E-state index contributed by atoms with van der Waals surface area (Å²) in [6.07, 6.45) is 2.24. The van der Waals surface area contributed by atoms with Crippen molar-refractivity contribution in [2.75, 3.05) is 12.3 Å². The van der Waals surface area contributed by atoms with Crippen molar-refractivity contribution in [2.45, 2.75) is 39.2 Å². The second kappa shape index (κ2) is 6.78. The third-order valence-corrected chi connectivity index (χ3v) is 3.99. The summed E-state index contributed by atoms with van der Waals surface area (Å²) in [4.78, 5) is 15.0. The summed E-state index contributed by atoms with van der Waals surface area (Å²) in [5, 5.41) is 4.43. The number of carbonyl (C=O) groups is 1. The van der Waals surface area contributed by atoms with Gasteiger partial charge in [-0.2, -0.15) is 0 Å². The lowest BCUT2D eigenvalue weighted by molar-refractivity contribution is -0.118.